The number of hydrogen-bond donors (Lipinski definition) is 7. The van der Waals surface area contributed by atoms with Gasteiger partial charge in [0.1, 0.15) is 22.8 Å². The second-order valence-electron chi connectivity index (χ2n) is 10.8. The summed E-state index contributed by atoms with van der Waals surface area (Å²) in [4.78, 5) is 41.3. The number of amides is 1. The molecule has 3 aliphatic carbocycles. The van der Waals surface area contributed by atoms with E-state index in [4.69, 9.17) is 5.73 Å². The fourth-order valence-corrected chi connectivity index (χ4v) is 7.68. The number of likely N-dealkylation sites (N-methyl/N-ethyl adjacent to an activating group) is 1. The molecule has 0 bridgehead atoms. The first kappa shape index (κ1) is 27.1. The van der Waals surface area contributed by atoms with Crippen LogP contribution in [0.4, 0.5) is 0 Å². The maximum atomic E-state index is 14.0. The van der Waals surface area contributed by atoms with Crippen molar-refractivity contribution in [3.63, 3.8) is 0 Å². The standard InChI is InChI=1S/C29H26N2O9S/c1-31(2)20-19-24(35)16-17(26(37)29(19,40)27(38)18(25(20)36)28(30)39)23(34)15-12(22(16)33)8-7-11(21(15)32)14-9-10-5-3-4-6-13(10)41-14/h3-9,16,19-20,22,24,32-35,38,40H,1-2H3,(H2,30,39). The van der Waals surface area contributed by atoms with Crippen molar-refractivity contribution in [2.45, 2.75) is 23.9 Å². The maximum absolute atomic E-state index is 14.0. The molecule has 6 atom stereocenters. The fourth-order valence-electron chi connectivity index (χ4n) is 6.60. The van der Waals surface area contributed by atoms with E-state index in [0.717, 1.165) is 10.1 Å². The molecule has 1 fully saturated rings. The Labute approximate surface area is 236 Å². The van der Waals surface area contributed by atoms with E-state index in [0.29, 0.717) is 10.4 Å². The number of carbonyl (C=O) groups excluding carboxylic acids is 3. The molecule has 41 heavy (non-hydrogen) atoms. The van der Waals surface area contributed by atoms with Crippen LogP contribution in [0.2, 0.25) is 0 Å². The zero-order valence-corrected chi connectivity index (χ0v) is 22.6. The van der Waals surface area contributed by atoms with Gasteiger partial charge in [0, 0.05) is 26.6 Å². The van der Waals surface area contributed by atoms with Crippen LogP contribution in [0.5, 0.6) is 5.75 Å². The van der Waals surface area contributed by atoms with E-state index >= 15 is 0 Å². The topological polar surface area (TPSA) is 202 Å². The Kier molecular flexibility index (Phi) is 5.93. The molecule has 12 heteroatoms. The minimum atomic E-state index is -3.05. The monoisotopic (exact) mass is 578 g/mol. The quantitative estimate of drug-likeness (QED) is 0.222. The summed E-state index contributed by atoms with van der Waals surface area (Å²) in [6.07, 6.45) is -3.54. The average Bonchev–Trinajstić information content (AvgIpc) is 3.34. The molecule has 1 amide bonds. The second kappa shape index (κ2) is 8.96. The molecule has 3 aliphatic rings. The number of nitrogens with two attached hydrogens (primary N) is 1. The Morgan fingerprint density at radius 2 is 1.73 bits per heavy atom. The summed E-state index contributed by atoms with van der Waals surface area (Å²) in [5, 5.41) is 69.4. The number of fused-ring (bicyclic) bond motifs is 4. The van der Waals surface area contributed by atoms with Crippen LogP contribution in [-0.4, -0.2) is 84.9 Å². The van der Waals surface area contributed by atoms with Crippen LogP contribution in [-0.2, 0) is 14.4 Å². The van der Waals surface area contributed by atoms with Crippen LogP contribution in [0.15, 0.2) is 59.4 Å². The number of phenols is 1. The molecule has 3 aromatic rings. The van der Waals surface area contributed by atoms with Crippen molar-refractivity contribution in [2.24, 2.45) is 17.6 Å². The van der Waals surface area contributed by atoms with Crippen molar-refractivity contribution in [3.8, 4) is 16.2 Å². The number of hydrogen-bond acceptors (Lipinski definition) is 11. The number of ketones is 2. The third kappa shape index (κ3) is 3.42. The van der Waals surface area contributed by atoms with Crippen molar-refractivity contribution < 1.29 is 45.0 Å². The van der Waals surface area contributed by atoms with Crippen molar-refractivity contribution >= 4 is 44.7 Å². The second-order valence-corrected chi connectivity index (χ2v) is 11.9. The Balaban J connectivity index is 1.59. The highest BCUT2D eigenvalue weighted by molar-refractivity contribution is 7.22. The molecule has 212 valence electrons. The Bertz CT molecular complexity index is 1720. The lowest BCUT2D eigenvalue weighted by molar-refractivity contribution is -0.174. The van der Waals surface area contributed by atoms with E-state index in [2.05, 4.69) is 0 Å². The van der Waals surface area contributed by atoms with Gasteiger partial charge in [-0.05, 0) is 43.2 Å². The van der Waals surface area contributed by atoms with Gasteiger partial charge in [-0.25, -0.2) is 0 Å². The molecule has 1 saturated carbocycles. The van der Waals surface area contributed by atoms with Gasteiger partial charge < -0.3 is 36.4 Å². The third-order valence-electron chi connectivity index (χ3n) is 8.45. The van der Waals surface area contributed by atoms with Crippen LogP contribution >= 0.6 is 11.3 Å². The van der Waals surface area contributed by atoms with Gasteiger partial charge in [0.15, 0.2) is 11.4 Å². The van der Waals surface area contributed by atoms with Gasteiger partial charge in [0.25, 0.3) is 5.91 Å². The molecule has 8 N–H and O–H groups in total. The van der Waals surface area contributed by atoms with Gasteiger partial charge in [-0.3, -0.25) is 19.3 Å². The zero-order chi connectivity index (χ0) is 29.7. The van der Waals surface area contributed by atoms with Crippen molar-refractivity contribution in [1.82, 2.24) is 4.90 Å². The van der Waals surface area contributed by atoms with Gasteiger partial charge in [0.2, 0.25) is 5.78 Å². The molecular formula is C29H26N2O9S. The molecule has 0 spiro atoms. The number of carbonyl (C=O) groups is 3. The Morgan fingerprint density at radius 3 is 2.37 bits per heavy atom. The number of rotatable bonds is 3. The summed E-state index contributed by atoms with van der Waals surface area (Å²) in [6.45, 7) is 0. The van der Waals surface area contributed by atoms with Gasteiger partial charge in [-0.1, -0.05) is 24.3 Å². The van der Waals surface area contributed by atoms with Gasteiger partial charge in [0.05, 0.1) is 29.7 Å². The average molecular weight is 579 g/mol. The molecule has 1 aromatic heterocycles. The van der Waals surface area contributed by atoms with E-state index in [-0.39, 0.29) is 11.1 Å². The van der Waals surface area contributed by atoms with Crippen LogP contribution in [0.3, 0.4) is 0 Å². The molecule has 0 aliphatic heterocycles. The number of Topliss-reactive ketones (excluding diaryl/α,β-unsaturated/α-hetero) is 2. The number of benzene rings is 2. The number of aliphatic hydroxyl groups excluding tert-OH is 4. The molecule has 11 nitrogen and oxygen atoms in total. The lowest BCUT2D eigenvalue weighted by atomic mass is 9.55. The summed E-state index contributed by atoms with van der Waals surface area (Å²) in [7, 11) is 2.81. The molecule has 0 saturated heterocycles. The lowest BCUT2D eigenvalue weighted by Crippen LogP contribution is -2.70. The molecule has 1 heterocycles. The highest BCUT2D eigenvalue weighted by Gasteiger charge is 2.68. The minimum absolute atomic E-state index is 0.0111. The third-order valence-corrected chi connectivity index (χ3v) is 9.60. The van der Waals surface area contributed by atoms with Gasteiger partial charge in [-0.2, -0.15) is 0 Å². The highest BCUT2D eigenvalue weighted by atomic mass is 32.1. The predicted octanol–water partition coefficient (Wildman–Crippen LogP) is 1.31. The SMILES string of the molecule is CN(C)C1C(=O)C(C(N)=O)=C(O)C2(O)C(=O)C3=C(O)c4c(ccc(-c5cc6ccccc6s5)c4O)C(O)C3C(O)C12. The highest BCUT2D eigenvalue weighted by Crippen LogP contribution is 2.56. The Hall–Kier alpha value is -4.07. The van der Waals surface area contributed by atoms with Crippen LogP contribution in [0.25, 0.3) is 26.3 Å². The first-order valence-corrected chi connectivity index (χ1v) is 13.5. The molecule has 2 aromatic carbocycles. The lowest BCUT2D eigenvalue weighted by Gasteiger charge is -2.53. The number of thiophene rings is 1. The fraction of sp³-hybridized carbons (Fsp3) is 0.276. The summed E-state index contributed by atoms with van der Waals surface area (Å²) in [5.74, 6) is -9.67. The molecule has 6 unspecified atom stereocenters. The summed E-state index contributed by atoms with van der Waals surface area (Å²) in [6, 6.07) is 10.9. The van der Waals surface area contributed by atoms with Gasteiger partial charge in [-0.15, -0.1) is 11.3 Å². The first-order valence-electron chi connectivity index (χ1n) is 12.7. The number of primary amides is 1. The number of nitrogens with zero attached hydrogens (tertiary/aromatic N) is 1. The van der Waals surface area contributed by atoms with E-state index in [1.807, 2.05) is 30.3 Å². The molecule has 0 radical (unpaired) electrons. The zero-order valence-electron chi connectivity index (χ0n) is 21.8. The van der Waals surface area contributed by atoms with E-state index in [9.17, 15) is 45.0 Å². The minimum Gasteiger partial charge on any atom is -0.508 e. The maximum Gasteiger partial charge on any atom is 0.255 e. The summed E-state index contributed by atoms with van der Waals surface area (Å²) in [5.41, 5.74) is 0.630. The summed E-state index contributed by atoms with van der Waals surface area (Å²) >= 11 is 1.37. The number of aromatic hydroxyl groups is 1. The van der Waals surface area contributed by atoms with Gasteiger partial charge >= 0.3 is 0 Å². The molecule has 6 rings (SSSR count). The smallest absolute Gasteiger partial charge is 0.255 e. The van der Waals surface area contributed by atoms with E-state index in [1.165, 1.54) is 36.4 Å². The van der Waals surface area contributed by atoms with Crippen LogP contribution in [0.1, 0.15) is 17.2 Å². The van der Waals surface area contributed by atoms with E-state index in [1.54, 1.807) is 6.07 Å². The van der Waals surface area contributed by atoms with Crippen molar-refractivity contribution in [2.75, 3.05) is 14.1 Å². The van der Waals surface area contributed by atoms with Crippen molar-refractivity contribution in [1.29, 1.82) is 0 Å². The number of aliphatic hydroxyl groups is 5. The van der Waals surface area contributed by atoms with Crippen LogP contribution in [0, 0.1) is 11.8 Å². The first-order chi connectivity index (χ1) is 19.3. The molecular weight excluding hydrogens is 552 g/mol. The number of phenolic OH excluding ortho intramolecular Hbond substituents is 1. The Morgan fingerprint density at radius 1 is 1.05 bits per heavy atom. The normalized spacial score (nSPS) is 29.6. The van der Waals surface area contributed by atoms with Crippen LogP contribution < -0.4 is 5.73 Å². The predicted molar refractivity (Wildman–Crippen MR) is 148 cm³/mol. The van der Waals surface area contributed by atoms with Crippen molar-refractivity contribution in [3.05, 3.63) is 70.5 Å². The van der Waals surface area contributed by atoms with E-state index < -0.39 is 81.6 Å². The summed E-state index contributed by atoms with van der Waals surface area (Å²) < 4.78 is 0.941. The largest absolute Gasteiger partial charge is 0.508 e.